The fourth-order valence-corrected chi connectivity index (χ4v) is 4.46. The Bertz CT molecular complexity index is 1010. The number of piperidine rings is 1. The molecular formula is C22H26N2O5S. The van der Waals surface area contributed by atoms with E-state index in [1.807, 2.05) is 6.92 Å². The second-order valence-corrected chi connectivity index (χ2v) is 9.00. The number of likely N-dealkylation sites (tertiary alicyclic amines) is 1. The van der Waals surface area contributed by atoms with Gasteiger partial charge in [0.05, 0.1) is 17.4 Å². The molecule has 1 saturated heterocycles. The van der Waals surface area contributed by atoms with Gasteiger partial charge in [-0.1, -0.05) is 23.8 Å². The van der Waals surface area contributed by atoms with Crippen molar-refractivity contribution in [1.82, 2.24) is 4.90 Å². The van der Waals surface area contributed by atoms with Crippen LogP contribution in [0, 0.1) is 12.8 Å². The van der Waals surface area contributed by atoms with Crippen molar-refractivity contribution in [2.45, 2.75) is 31.6 Å². The summed E-state index contributed by atoms with van der Waals surface area (Å²) in [5.41, 5.74) is 1.68. The van der Waals surface area contributed by atoms with Crippen molar-refractivity contribution in [3.05, 3.63) is 59.7 Å². The maximum Gasteiger partial charge on any atom is 0.309 e. The molecule has 0 bridgehead atoms. The molecular weight excluding hydrogens is 404 g/mol. The minimum atomic E-state index is -3.75. The molecule has 8 heteroatoms. The van der Waals surface area contributed by atoms with Crippen molar-refractivity contribution >= 4 is 27.6 Å². The van der Waals surface area contributed by atoms with Crippen LogP contribution in [-0.4, -0.2) is 44.9 Å². The number of nitrogens with one attached hydrogen (secondary N) is 1. The standard InChI is InChI=1S/C22H26N2O5S/c1-3-29-22(26)17-11-13-24(14-12-17)21(25)18-5-4-6-19(15-18)23-30(27,28)20-9-7-16(2)8-10-20/h4-10,15,17,23H,3,11-14H2,1-2H3. The highest BCUT2D eigenvalue weighted by molar-refractivity contribution is 7.92. The Morgan fingerprint density at radius 3 is 2.40 bits per heavy atom. The number of hydrogen-bond donors (Lipinski definition) is 1. The zero-order valence-electron chi connectivity index (χ0n) is 17.1. The molecule has 0 aromatic heterocycles. The first kappa shape index (κ1) is 21.8. The number of benzene rings is 2. The monoisotopic (exact) mass is 430 g/mol. The number of aryl methyl sites for hydroxylation is 1. The molecule has 0 unspecified atom stereocenters. The van der Waals surface area contributed by atoms with Crippen molar-refractivity contribution in [1.29, 1.82) is 0 Å². The van der Waals surface area contributed by atoms with Gasteiger partial charge in [-0.2, -0.15) is 0 Å². The van der Waals surface area contributed by atoms with Gasteiger partial charge in [-0.05, 0) is 57.0 Å². The van der Waals surface area contributed by atoms with E-state index in [0.717, 1.165) is 5.56 Å². The highest BCUT2D eigenvalue weighted by Gasteiger charge is 2.28. The Morgan fingerprint density at radius 1 is 1.10 bits per heavy atom. The van der Waals surface area contributed by atoms with Crippen molar-refractivity contribution in [2.24, 2.45) is 5.92 Å². The van der Waals surface area contributed by atoms with E-state index in [0.29, 0.717) is 43.8 Å². The number of carbonyl (C=O) groups is 2. The lowest BCUT2D eigenvalue weighted by molar-refractivity contribution is -0.149. The van der Waals surface area contributed by atoms with Crippen LogP contribution in [0.15, 0.2) is 53.4 Å². The van der Waals surface area contributed by atoms with E-state index in [4.69, 9.17) is 4.74 Å². The zero-order valence-corrected chi connectivity index (χ0v) is 17.9. The van der Waals surface area contributed by atoms with Gasteiger partial charge in [-0.25, -0.2) is 8.42 Å². The fourth-order valence-electron chi connectivity index (χ4n) is 3.41. The largest absolute Gasteiger partial charge is 0.466 e. The first-order valence-electron chi connectivity index (χ1n) is 9.95. The lowest BCUT2D eigenvalue weighted by atomic mass is 9.96. The van der Waals surface area contributed by atoms with Crippen molar-refractivity contribution < 1.29 is 22.7 Å². The summed E-state index contributed by atoms with van der Waals surface area (Å²) in [5, 5.41) is 0. The number of carbonyl (C=O) groups excluding carboxylic acids is 2. The molecule has 1 aliphatic heterocycles. The predicted octanol–water partition coefficient (Wildman–Crippen LogP) is 3.21. The maximum absolute atomic E-state index is 12.9. The molecule has 2 aromatic carbocycles. The average molecular weight is 431 g/mol. The minimum absolute atomic E-state index is 0.158. The van der Waals surface area contributed by atoms with E-state index in [-0.39, 0.29) is 22.7 Å². The second-order valence-electron chi connectivity index (χ2n) is 7.32. The van der Waals surface area contributed by atoms with Gasteiger partial charge in [0.15, 0.2) is 0 Å². The summed E-state index contributed by atoms with van der Waals surface area (Å²) in [6, 6.07) is 13.0. The van der Waals surface area contributed by atoms with Crippen LogP contribution in [0.2, 0.25) is 0 Å². The molecule has 1 N–H and O–H groups in total. The van der Waals surface area contributed by atoms with Gasteiger partial charge in [0.25, 0.3) is 15.9 Å². The van der Waals surface area contributed by atoms with Gasteiger partial charge in [-0.15, -0.1) is 0 Å². The summed E-state index contributed by atoms with van der Waals surface area (Å²) in [5.74, 6) is -0.576. The van der Waals surface area contributed by atoms with Crippen molar-refractivity contribution in [3.63, 3.8) is 0 Å². The van der Waals surface area contributed by atoms with Gasteiger partial charge in [0.2, 0.25) is 0 Å². The van der Waals surface area contributed by atoms with E-state index in [1.54, 1.807) is 54.3 Å². The molecule has 1 amide bonds. The average Bonchev–Trinajstić information content (AvgIpc) is 2.74. The smallest absolute Gasteiger partial charge is 0.309 e. The number of nitrogens with zero attached hydrogens (tertiary/aromatic N) is 1. The third-order valence-electron chi connectivity index (χ3n) is 5.10. The topological polar surface area (TPSA) is 92.8 Å². The van der Waals surface area contributed by atoms with Crippen LogP contribution in [0.4, 0.5) is 5.69 Å². The first-order chi connectivity index (χ1) is 14.3. The van der Waals surface area contributed by atoms with Crippen LogP contribution in [0.1, 0.15) is 35.7 Å². The van der Waals surface area contributed by atoms with Gasteiger partial charge < -0.3 is 9.64 Å². The van der Waals surface area contributed by atoms with Crippen molar-refractivity contribution in [3.8, 4) is 0 Å². The molecule has 0 saturated carbocycles. The van der Waals surface area contributed by atoms with E-state index in [2.05, 4.69) is 4.72 Å². The van der Waals surface area contributed by atoms with Crippen LogP contribution in [0.5, 0.6) is 0 Å². The lowest BCUT2D eigenvalue weighted by Crippen LogP contribution is -2.40. The Kier molecular flexibility index (Phi) is 6.77. The van der Waals surface area contributed by atoms with Crippen LogP contribution >= 0.6 is 0 Å². The Labute approximate surface area is 177 Å². The third kappa shape index (κ3) is 5.18. The predicted molar refractivity (Wildman–Crippen MR) is 114 cm³/mol. The summed E-state index contributed by atoms with van der Waals surface area (Å²) in [6.45, 7) is 4.93. The summed E-state index contributed by atoms with van der Waals surface area (Å²) in [7, 11) is -3.75. The van der Waals surface area contributed by atoms with Crippen LogP contribution in [-0.2, 0) is 19.6 Å². The minimum Gasteiger partial charge on any atom is -0.466 e. The molecule has 0 aliphatic carbocycles. The molecule has 3 rings (SSSR count). The number of hydrogen-bond acceptors (Lipinski definition) is 5. The fraction of sp³-hybridized carbons (Fsp3) is 0.364. The van der Waals surface area contributed by atoms with E-state index < -0.39 is 10.0 Å². The molecule has 1 heterocycles. The number of esters is 1. The number of sulfonamides is 1. The van der Waals surface area contributed by atoms with E-state index in [1.165, 1.54) is 6.07 Å². The van der Waals surface area contributed by atoms with Crippen molar-refractivity contribution in [2.75, 3.05) is 24.4 Å². The summed E-state index contributed by atoms with van der Waals surface area (Å²) < 4.78 is 32.8. The third-order valence-corrected chi connectivity index (χ3v) is 6.49. The van der Waals surface area contributed by atoms with Gasteiger partial charge >= 0.3 is 5.97 Å². The second kappa shape index (κ2) is 9.30. The molecule has 30 heavy (non-hydrogen) atoms. The quantitative estimate of drug-likeness (QED) is 0.711. The number of ether oxygens (including phenoxy) is 1. The Morgan fingerprint density at radius 2 is 1.77 bits per heavy atom. The van der Waals surface area contributed by atoms with Gasteiger partial charge in [-0.3, -0.25) is 14.3 Å². The molecule has 1 fully saturated rings. The molecule has 1 aliphatic rings. The summed E-state index contributed by atoms with van der Waals surface area (Å²) in [6.07, 6.45) is 1.12. The van der Waals surface area contributed by atoms with Gasteiger partial charge in [0, 0.05) is 24.3 Å². The molecule has 160 valence electrons. The Hall–Kier alpha value is -2.87. The van der Waals surface area contributed by atoms with E-state index >= 15 is 0 Å². The molecule has 0 spiro atoms. The molecule has 7 nitrogen and oxygen atoms in total. The number of rotatable bonds is 6. The summed E-state index contributed by atoms with van der Waals surface area (Å²) in [4.78, 5) is 26.6. The highest BCUT2D eigenvalue weighted by Crippen LogP contribution is 2.22. The van der Waals surface area contributed by atoms with Crippen LogP contribution in [0.25, 0.3) is 0 Å². The van der Waals surface area contributed by atoms with Crippen LogP contribution in [0.3, 0.4) is 0 Å². The molecule has 0 atom stereocenters. The molecule has 0 radical (unpaired) electrons. The zero-order chi connectivity index (χ0) is 21.7. The summed E-state index contributed by atoms with van der Waals surface area (Å²) >= 11 is 0. The number of amides is 1. The number of anilines is 1. The Balaban J connectivity index is 1.67. The highest BCUT2D eigenvalue weighted by atomic mass is 32.2. The lowest BCUT2D eigenvalue weighted by Gasteiger charge is -2.31. The van der Waals surface area contributed by atoms with Gasteiger partial charge in [0.1, 0.15) is 0 Å². The SMILES string of the molecule is CCOC(=O)C1CCN(C(=O)c2cccc(NS(=O)(=O)c3ccc(C)cc3)c2)CC1. The van der Waals surface area contributed by atoms with Crippen LogP contribution < -0.4 is 4.72 Å². The molecule has 2 aromatic rings. The van der Waals surface area contributed by atoms with E-state index in [9.17, 15) is 18.0 Å². The normalized spacial score (nSPS) is 14.9. The first-order valence-corrected chi connectivity index (χ1v) is 11.4. The maximum atomic E-state index is 12.9.